The van der Waals surface area contributed by atoms with Crippen molar-refractivity contribution in [3.63, 3.8) is 0 Å². The maximum atomic E-state index is 12.4. The lowest BCUT2D eigenvalue weighted by Crippen LogP contribution is -2.63. The minimum atomic E-state index is -1.07. The van der Waals surface area contributed by atoms with Gasteiger partial charge in [0.05, 0.1) is 18.1 Å². The van der Waals surface area contributed by atoms with E-state index in [0.29, 0.717) is 5.75 Å². The number of rotatable bonds is 7. The minimum absolute atomic E-state index is 0.0813. The number of aliphatic hydroxyl groups excluding tert-OH is 1. The van der Waals surface area contributed by atoms with Gasteiger partial charge in [-0.1, -0.05) is 12.5 Å². The van der Waals surface area contributed by atoms with E-state index in [-0.39, 0.29) is 23.6 Å². The Bertz CT molecular complexity index is 840. The molecule has 1 aromatic heterocycles. The van der Waals surface area contributed by atoms with Gasteiger partial charge >= 0.3 is 5.97 Å². The highest BCUT2D eigenvalue weighted by Gasteiger charge is 2.59. The molecule has 0 spiro atoms. The molecule has 1 saturated heterocycles. The summed E-state index contributed by atoms with van der Waals surface area (Å²) in [7, 11) is 0. The van der Waals surface area contributed by atoms with Crippen molar-refractivity contribution in [2.75, 3.05) is 5.75 Å². The van der Waals surface area contributed by atoms with Crippen molar-refractivity contribution in [1.82, 2.24) is 4.90 Å². The Labute approximate surface area is 169 Å². The fraction of sp³-hybridized carbons (Fsp3) is 0.476. The van der Waals surface area contributed by atoms with Crippen molar-refractivity contribution in [2.24, 2.45) is 11.8 Å². The van der Waals surface area contributed by atoms with E-state index in [2.05, 4.69) is 24.5 Å². The molecule has 3 heterocycles. The van der Waals surface area contributed by atoms with Gasteiger partial charge in [0, 0.05) is 28.7 Å². The van der Waals surface area contributed by atoms with Crippen LogP contribution in [0.5, 0.6) is 0 Å². The number of hydrogen-bond donors (Lipinski definition) is 2. The van der Waals surface area contributed by atoms with Crippen LogP contribution in [0, 0.1) is 11.8 Å². The van der Waals surface area contributed by atoms with Crippen molar-refractivity contribution in [3.8, 4) is 0 Å². The second kappa shape index (κ2) is 8.09. The normalized spacial score (nSPS) is 24.7. The molecule has 4 atom stereocenters. The number of carboxylic acid groups (broad SMARTS) is 1. The molecular weight excluding hydrogens is 376 g/mol. The third-order valence-corrected chi connectivity index (χ3v) is 6.54. The summed E-state index contributed by atoms with van der Waals surface area (Å²) in [5.41, 5.74) is 2.13. The number of thioether (sulfide) groups is 1. The zero-order valence-corrected chi connectivity index (χ0v) is 17.4. The van der Waals surface area contributed by atoms with Crippen molar-refractivity contribution in [2.45, 2.75) is 51.3 Å². The molecule has 0 aliphatic carbocycles. The molecule has 2 aliphatic heterocycles. The maximum Gasteiger partial charge on any atom is 0.352 e. The first-order valence-corrected chi connectivity index (χ1v) is 10.4. The number of hydrogen-bond acceptors (Lipinski definition) is 4. The lowest BCUT2D eigenvalue weighted by atomic mass is 9.78. The number of allylic oxidation sites excluding steroid dienone is 2. The molecule has 3 rings (SSSR count). The fourth-order valence-corrected chi connectivity index (χ4v) is 4.98. The number of carboxylic acids is 1. The highest BCUT2D eigenvalue weighted by atomic mass is 32.2. The molecule has 150 valence electrons. The van der Waals surface area contributed by atoms with Gasteiger partial charge in [-0.3, -0.25) is 4.79 Å². The van der Waals surface area contributed by atoms with Gasteiger partial charge in [0.25, 0.3) is 0 Å². The standard InChI is InChI=1S/C21H26N2O4S/c1-12(2)5-8-22-9-6-15(7-10-22)28-11-16-13(3)18-17(14(4)24)20(25)23(18)19(16)21(26)27/h5-7,9-10,13-14,17-18,24H,8,11H2,1-4H3/p+1/t13-,14+,17+,18+/m0/s1. The second-order valence-electron chi connectivity index (χ2n) is 7.73. The van der Waals surface area contributed by atoms with Crippen LogP contribution in [0.2, 0.25) is 0 Å². The number of carbonyl (C=O) groups is 2. The van der Waals surface area contributed by atoms with Gasteiger partial charge in [-0.05, 0) is 32.4 Å². The molecule has 1 fully saturated rings. The zero-order valence-electron chi connectivity index (χ0n) is 16.6. The number of nitrogens with zero attached hydrogens (tertiary/aromatic N) is 2. The van der Waals surface area contributed by atoms with Crippen LogP contribution in [-0.4, -0.2) is 44.9 Å². The van der Waals surface area contributed by atoms with Crippen LogP contribution >= 0.6 is 11.8 Å². The predicted octanol–water partition coefficient (Wildman–Crippen LogP) is 2.23. The summed E-state index contributed by atoms with van der Waals surface area (Å²) in [6.45, 7) is 8.49. The molecule has 0 aromatic carbocycles. The number of aromatic nitrogens is 1. The number of fused-ring (bicyclic) bond motifs is 1. The molecule has 1 aromatic rings. The topological polar surface area (TPSA) is 81.7 Å². The average molecular weight is 404 g/mol. The Kier molecular flexibility index (Phi) is 5.95. The summed E-state index contributed by atoms with van der Waals surface area (Å²) in [5, 5.41) is 19.6. The summed E-state index contributed by atoms with van der Waals surface area (Å²) in [6.07, 6.45) is 5.39. The smallest absolute Gasteiger partial charge is 0.352 e. The maximum absolute atomic E-state index is 12.4. The van der Waals surface area contributed by atoms with Gasteiger partial charge in [0.2, 0.25) is 5.91 Å². The SMILES string of the molecule is CC(C)=CC[n+]1ccc(SCC2=C(C(=O)O)N3C(=O)[C@H]([C@@H](C)O)[C@H]3[C@H]2C)cc1. The van der Waals surface area contributed by atoms with Crippen LogP contribution in [0.25, 0.3) is 0 Å². The van der Waals surface area contributed by atoms with E-state index < -0.39 is 18.0 Å². The fourth-order valence-electron chi connectivity index (χ4n) is 3.94. The molecule has 0 bridgehead atoms. The van der Waals surface area contributed by atoms with E-state index in [1.54, 1.807) is 18.7 Å². The molecule has 6 nitrogen and oxygen atoms in total. The molecule has 7 heteroatoms. The zero-order chi connectivity index (χ0) is 20.6. The quantitative estimate of drug-likeness (QED) is 0.316. The highest BCUT2D eigenvalue weighted by molar-refractivity contribution is 7.99. The third-order valence-electron chi connectivity index (χ3n) is 5.48. The van der Waals surface area contributed by atoms with Gasteiger partial charge in [-0.15, -0.1) is 11.8 Å². The van der Waals surface area contributed by atoms with E-state index in [1.165, 1.54) is 10.5 Å². The highest BCUT2D eigenvalue weighted by Crippen LogP contribution is 2.48. The van der Waals surface area contributed by atoms with Gasteiger partial charge in [0.1, 0.15) is 5.70 Å². The molecule has 2 N–H and O–H groups in total. The molecule has 0 saturated carbocycles. The number of carbonyl (C=O) groups excluding carboxylic acids is 1. The number of amides is 1. The van der Waals surface area contributed by atoms with E-state index in [0.717, 1.165) is 17.0 Å². The molecule has 28 heavy (non-hydrogen) atoms. The van der Waals surface area contributed by atoms with E-state index in [4.69, 9.17) is 0 Å². The summed E-state index contributed by atoms with van der Waals surface area (Å²) in [5.74, 6) is -1.45. The largest absolute Gasteiger partial charge is 0.477 e. The lowest BCUT2D eigenvalue weighted by Gasteiger charge is -2.46. The van der Waals surface area contributed by atoms with Crippen LogP contribution in [0.3, 0.4) is 0 Å². The van der Waals surface area contributed by atoms with E-state index in [1.807, 2.05) is 31.5 Å². The van der Waals surface area contributed by atoms with Crippen LogP contribution < -0.4 is 4.57 Å². The Morgan fingerprint density at radius 2 is 2.00 bits per heavy atom. The first kappa shape index (κ1) is 20.6. The predicted molar refractivity (Wildman–Crippen MR) is 106 cm³/mol. The summed E-state index contributed by atoms with van der Waals surface area (Å²) in [6, 6.07) is 3.78. The van der Waals surface area contributed by atoms with Crippen LogP contribution in [-0.2, 0) is 16.1 Å². The van der Waals surface area contributed by atoms with E-state index >= 15 is 0 Å². The summed E-state index contributed by atoms with van der Waals surface area (Å²) >= 11 is 1.57. The second-order valence-corrected chi connectivity index (χ2v) is 8.78. The molecule has 0 unspecified atom stereocenters. The Balaban J connectivity index is 1.74. The van der Waals surface area contributed by atoms with Gasteiger partial charge in [-0.2, -0.15) is 0 Å². The summed E-state index contributed by atoms with van der Waals surface area (Å²) in [4.78, 5) is 26.6. The van der Waals surface area contributed by atoms with Crippen molar-refractivity contribution >= 4 is 23.6 Å². The lowest BCUT2D eigenvalue weighted by molar-refractivity contribution is -0.687. The Morgan fingerprint density at radius 1 is 1.36 bits per heavy atom. The van der Waals surface area contributed by atoms with Crippen molar-refractivity contribution < 1.29 is 24.4 Å². The molecule has 0 radical (unpaired) electrons. The Morgan fingerprint density at radius 3 is 2.54 bits per heavy atom. The number of aliphatic carboxylic acids is 1. The van der Waals surface area contributed by atoms with Crippen LogP contribution in [0.4, 0.5) is 0 Å². The minimum Gasteiger partial charge on any atom is -0.477 e. The van der Waals surface area contributed by atoms with Crippen molar-refractivity contribution in [3.05, 3.63) is 47.4 Å². The van der Waals surface area contributed by atoms with Gasteiger partial charge in [-0.25, -0.2) is 9.36 Å². The van der Waals surface area contributed by atoms with Crippen LogP contribution in [0.15, 0.2) is 52.3 Å². The number of aliphatic hydroxyl groups is 1. The average Bonchev–Trinajstić information content (AvgIpc) is 2.87. The van der Waals surface area contributed by atoms with Gasteiger partial charge < -0.3 is 15.1 Å². The Hall–Kier alpha value is -2.12. The van der Waals surface area contributed by atoms with Crippen molar-refractivity contribution in [1.29, 1.82) is 0 Å². The summed E-state index contributed by atoms with van der Waals surface area (Å²) < 4.78 is 2.08. The van der Waals surface area contributed by atoms with Crippen LogP contribution in [0.1, 0.15) is 27.7 Å². The molecule has 2 aliphatic rings. The molecular formula is C21H27N2O4S+. The monoisotopic (exact) mass is 403 g/mol. The van der Waals surface area contributed by atoms with E-state index in [9.17, 15) is 19.8 Å². The van der Waals surface area contributed by atoms with Gasteiger partial charge in [0.15, 0.2) is 18.9 Å². The first-order chi connectivity index (χ1) is 13.2. The molecule has 1 amide bonds. The number of β-lactam (4-membered cyclic amide) rings is 1. The third kappa shape index (κ3) is 3.73. The number of pyridine rings is 1. The first-order valence-electron chi connectivity index (χ1n) is 9.45.